The zero-order valence-corrected chi connectivity index (χ0v) is 12.3. The summed E-state index contributed by atoms with van der Waals surface area (Å²) in [5, 5.41) is 0. The van der Waals surface area contributed by atoms with Crippen LogP contribution in [0.25, 0.3) is 0 Å². The maximum absolute atomic E-state index is 12.1. The minimum Gasteiger partial charge on any atom is -0.339 e. The lowest BCUT2D eigenvalue weighted by atomic mass is 10.1. The predicted molar refractivity (Wildman–Crippen MR) is 79.6 cm³/mol. The molecule has 0 unspecified atom stereocenters. The van der Waals surface area contributed by atoms with Gasteiger partial charge >= 0.3 is 0 Å². The van der Waals surface area contributed by atoms with E-state index in [4.69, 9.17) is 0 Å². The number of amides is 1. The van der Waals surface area contributed by atoms with Gasteiger partial charge in [0.15, 0.2) is 0 Å². The lowest BCUT2D eigenvalue weighted by Gasteiger charge is -2.34. The van der Waals surface area contributed by atoms with Gasteiger partial charge in [-0.25, -0.2) is 9.97 Å². The molecule has 1 aliphatic heterocycles. The Bertz CT molecular complexity index is 402. The zero-order chi connectivity index (χ0) is 14.2. The van der Waals surface area contributed by atoms with Crippen LogP contribution in [0.1, 0.15) is 39.0 Å². The summed E-state index contributed by atoms with van der Waals surface area (Å²) >= 11 is 0. The van der Waals surface area contributed by atoms with Gasteiger partial charge < -0.3 is 9.80 Å². The Kier molecular flexibility index (Phi) is 5.77. The number of carbonyl (C=O) groups is 1. The number of rotatable bonds is 6. The van der Waals surface area contributed by atoms with E-state index in [-0.39, 0.29) is 0 Å². The molecule has 0 aromatic carbocycles. The molecule has 1 aromatic heterocycles. The molecule has 0 saturated carbocycles. The van der Waals surface area contributed by atoms with Crippen molar-refractivity contribution in [2.24, 2.45) is 0 Å². The molecule has 1 aliphatic rings. The van der Waals surface area contributed by atoms with Crippen molar-refractivity contribution in [2.75, 3.05) is 31.1 Å². The van der Waals surface area contributed by atoms with Gasteiger partial charge in [-0.1, -0.05) is 26.2 Å². The second-order valence-electron chi connectivity index (χ2n) is 5.23. The van der Waals surface area contributed by atoms with Gasteiger partial charge in [0.1, 0.15) is 0 Å². The monoisotopic (exact) mass is 276 g/mol. The number of aromatic nitrogens is 2. The number of carbonyl (C=O) groups excluding carboxylic acids is 1. The van der Waals surface area contributed by atoms with Crippen LogP contribution in [-0.4, -0.2) is 47.0 Å². The van der Waals surface area contributed by atoms with Crippen molar-refractivity contribution in [3.8, 4) is 0 Å². The van der Waals surface area contributed by atoms with Crippen LogP contribution in [0, 0.1) is 0 Å². The van der Waals surface area contributed by atoms with E-state index in [1.165, 1.54) is 19.3 Å². The highest BCUT2D eigenvalue weighted by atomic mass is 16.2. The van der Waals surface area contributed by atoms with Crippen molar-refractivity contribution >= 4 is 11.9 Å². The number of piperazine rings is 1. The number of unbranched alkanes of at least 4 members (excludes halogenated alkanes) is 3. The average molecular weight is 276 g/mol. The molecule has 2 heterocycles. The lowest BCUT2D eigenvalue weighted by molar-refractivity contribution is -0.131. The van der Waals surface area contributed by atoms with Crippen molar-refractivity contribution in [1.29, 1.82) is 0 Å². The second kappa shape index (κ2) is 7.82. The normalized spacial score (nSPS) is 15.4. The number of hydrogen-bond acceptors (Lipinski definition) is 4. The first-order valence-corrected chi connectivity index (χ1v) is 7.61. The standard InChI is InChI=1S/C15H24N4O/c1-2-3-4-5-7-14(20)18-10-12-19(13-11-18)15-16-8-6-9-17-15/h6,8-9H,2-5,7,10-13H2,1H3. The molecule has 0 radical (unpaired) electrons. The summed E-state index contributed by atoms with van der Waals surface area (Å²) in [6.07, 6.45) is 8.84. The third-order valence-corrected chi connectivity index (χ3v) is 3.71. The summed E-state index contributed by atoms with van der Waals surface area (Å²) in [6, 6.07) is 1.82. The lowest BCUT2D eigenvalue weighted by Crippen LogP contribution is -2.49. The highest BCUT2D eigenvalue weighted by Gasteiger charge is 2.21. The minimum absolute atomic E-state index is 0.301. The molecule has 0 N–H and O–H groups in total. The van der Waals surface area contributed by atoms with Crippen LogP contribution in [0.3, 0.4) is 0 Å². The van der Waals surface area contributed by atoms with E-state index >= 15 is 0 Å². The highest BCUT2D eigenvalue weighted by Crippen LogP contribution is 2.12. The van der Waals surface area contributed by atoms with E-state index in [9.17, 15) is 4.79 Å². The first-order valence-electron chi connectivity index (χ1n) is 7.61. The molecule has 5 nitrogen and oxygen atoms in total. The summed E-state index contributed by atoms with van der Waals surface area (Å²) in [5.41, 5.74) is 0. The minimum atomic E-state index is 0.301. The maximum atomic E-state index is 12.1. The van der Waals surface area contributed by atoms with Crippen LogP contribution in [-0.2, 0) is 4.79 Å². The van der Waals surface area contributed by atoms with E-state index in [0.717, 1.165) is 38.5 Å². The van der Waals surface area contributed by atoms with Gasteiger partial charge in [-0.05, 0) is 12.5 Å². The largest absolute Gasteiger partial charge is 0.339 e. The summed E-state index contributed by atoms with van der Waals surface area (Å²) < 4.78 is 0. The Morgan fingerprint density at radius 1 is 1.10 bits per heavy atom. The molecular formula is C15H24N4O. The van der Waals surface area contributed by atoms with Gasteiger partial charge in [0.05, 0.1) is 0 Å². The van der Waals surface area contributed by atoms with E-state index in [1.54, 1.807) is 12.4 Å². The van der Waals surface area contributed by atoms with Crippen molar-refractivity contribution in [3.05, 3.63) is 18.5 Å². The average Bonchev–Trinajstić information content (AvgIpc) is 2.52. The zero-order valence-electron chi connectivity index (χ0n) is 12.3. The smallest absolute Gasteiger partial charge is 0.225 e. The van der Waals surface area contributed by atoms with Gasteiger partial charge in [0.25, 0.3) is 0 Å². The molecule has 20 heavy (non-hydrogen) atoms. The fourth-order valence-electron chi connectivity index (χ4n) is 2.47. The van der Waals surface area contributed by atoms with E-state index in [2.05, 4.69) is 21.8 Å². The molecule has 0 spiro atoms. The molecule has 110 valence electrons. The first-order chi connectivity index (χ1) is 9.81. The SMILES string of the molecule is CCCCCCC(=O)N1CCN(c2ncccn2)CC1. The predicted octanol–water partition coefficient (Wildman–Crippen LogP) is 2.10. The Hall–Kier alpha value is -1.65. The van der Waals surface area contributed by atoms with Crippen molar-refractivity contribution in [2.45, 2.75) is 39.0 Å². The fraction of sp³-hybridized carbons (Fsp3) is 0.667. The molecule has 1 aromatic rings. The van der Waals surface area contributed by atoms with E-state index in [1.807, 2.05) is 11.0 Å². The van der Waals surface area contributed by atoms with Crippen LogP contribution < -0.4 is 4.90 Å². The van der Waals surface area contributed by atoms with Crippen LogP contribution in [0.4, 0.5) is 5.95 Å². The number of nitrogens with zero attached hydrogens (tertiary/aromatic N) is 4. The Morgan fingerprint density at radius 3 is 2.45 bits per heavy atom. The molecular weight excluding hydrogens is 252 g/mol. The summed E-state index contributed by atoms with van der Waals surface area (Å²) in [4.78, 5) is 24.7. The highest BCUT2D eigenvalue weighted by molar-refractivity contribution is 5.76. The molecule has 0 atom stereocenters. The van der Waals surface area contributed by atoms with Crippen LogP contribution in [0.2, 0.25) is 0 Å². The quantitative estimate of drug-likeness (QED) is 0.747. The van der Waals surface area contributed by atoms with Gasteiger partial charge in [0, 0.05) is 45.0 Å². The van der Waals surface area contributed by atoms with Gasteiger partial charge in [-0.15, -0.1) is 0 Å². The third-order valence-electron chi connectivity index (χ3n) is 3.71. The second-order valence-corrected chi connectivity index (χ2v) is 5.23. The Labute approximate surface area is 121 Å². The molecule has 0 aliphatic carbocycles. The van der Waals surface area contributed by atoms with Crippen LogP contribution in [0.15, 0.2) is 18.5 Å². The Balaban J connectivity index is 1.72. The molecule has 0 bridgehead atoms. The molecule has 2 rings (SSSR count). The topological polar surface area (TPSA) is 49.3 Å². The van der Waals surface area contributed by atoms with Gasteiger partial charge in [-0.2, -0.15) is 0 Å². The third kappa shape index (κ3) is 4.18. The molecule has 1 amide bonds. The first kappa shape index (κ1) is 14.8. The van der Waals surface area contributed by atoms with Crippen LogP contribution >= 0.6 is 0 Å². The van der Waals surface area contributed by atoms with E-state index in [0.29, 0.717) is 12.3 Å². The maximum Gasteiger partial charge on any atom is 0.225 e. The van der Waals surface area contributed by atoms with Crippen LogP contribution in [0.5, 0.6) is 0 Å². The number of hydrogen-bond donors (Lipinski definition) is 0. The summed E-state index contributed by atoms with van der Waals surface area (Å²) in [7, 11) is 0. The van der Waals surface area contributed by atoms with Crippen molar-refractivity contribution < 1.29 is 4.79 Å². The molecule has 1 fully saturated rings. The summed E-state index contributed by atoms with van der Waals surface area (Å²) in [6.45, 7) is 5.40. The fourth-order valence-corrected chi connectivity index (χ4v) is 2.47. The Morgan fingerprint density at radius 2 is 1.80 bits per heavy atom. The van der Waals surface area contributed by atoms with Crippen molar-refractivity contribution in [1.82, 2.24) is 14.9 Å². The van der Waals surface area contributed by atoms with Crippen molar-refractivity contribution in [3.63, 3.8) is 0 Å². The summed E-state index contributed by atoms with van der Waals surface area (Å²) in [5.74, 6) is 1.07. The molecule has 1 saturated heterocycles. The van der Waals surface area contributed by atoms with E-state index < -0.39 is 0 Å². The van der Waals surface area contributed by atoms with Gasteiger partial charge in [0.2, 0.25) is 11.9 Å². The molecule has 5 heteroatoms. The number of anilines is 1. The van der Waals surface area contributed by atoms with Gasteiger partial charge in [-0.3, -0.25) is 4.79 Å².